The summed E-state index contributed by atoms with van der Waals surface area (Å²) in [6.07, 6.45) is 5.66. The summed E-state index contributed by atoms with van der Waals surface area (Å²) in [6.45, 7) is 0. The number of carboxylic acids is 1. The van der Waals surface area contributed by atoms with Gasteiger partial charge in [0.1, 0.15) is 10.8 Å². The van der Waals surface area contributed by atoms with Crippen LogP contribution in [0.4, 0.5) is 0 Å². The van der Waals surface area contributed by atoms with Gasteiger partial charge < -0.3 is 15.2 Å². The van der Waals surface area contributed by atoms with Gasteiger partial charge in [-0.1, -0.05) is 40.9 Å². The number of fused-ring (bicyclic) bond motifs is 1. The molecule has 126 valence electrons. The maximum absolute atomic E-state index is 12.5. The van der Waals surface area contributed by atoms with Gasteiger partial charge in [-0.15, -0.1) is 6.42 Å². The molecule has 0 bridgehead atoms. The van der Waals surface area contributed by atoms with E-state index in [1.54, 1.807) is 7.05 Å². The van der Waals surface area contributed by atoms with Crippen LogP contribution in [0.15, 0.2) is 17.2 Å². The summed E-state index contributed by atoms with van der Waals surface area (Å²) in [7, 11) is 1.67. The molecule has 0 aliphatic carbocycles. The normalized spacial score (nSPS) is 16.1. The summed E-state index contributed by atoms with van der Waals surface area (Å²) in [5.74, 6) is 1.62. The van der Waals surface area contributed by atoms with Crippen molar-refractivity contribution in [3.8, 4) is 18.1 Å². The third kappa shape index (κ3) is 3.81. The minimum absolute atomic E-state index is 0.0279. The Labute approximate surface area is 153 Å². The SMILES string of the molecule is C#CCS/C(=C\C(=O)c1cc2c(c(Cl)c1Cl)OC(C(=O)O)C2)NC. The van der Waals surface area contributed by atoms with Crippen molar-refractivity contribution < 1.29 is 19.4 Å². The first-order valence-corrected chi connectivity index (χ1v) is 8.53. The number of benzene rings is 1. The van der Waals surface area contributed by atoms with Crippen LogP contribution in [0.2, 0.25) is 10.0 Å². The van der Waals surface area contributed by atoms with E-state index >= 15 is 0 Å². The number of ether oxygens (including phenoxy) is 1. The number of rotatable bonds is 6. The molecule has 1 aliphatic heterocycles. The lowest BCUT2D eigenvalue weighted by molar-refractivity contribution is -0.144. The summed E-state index contributed by atoms with van der Waals surface area (Å²) >= 11 is 13.6. The van der Waals surface area contributed by atoms with Crippen molar-refractivity contribution in [1.82, 2.24) is 5.32 Å². The monoisotopic (exact) mass is 385 g/mol. The Morgan fingerprint density at radius 2 is 2.25 bits per heavy atom. The minimum Gasteiger partial charge on any atom is -0.478 e. The van der Waals surface area contributed by atoms with Crippen LogP contribution in [-0.4, -0.2) is 35.8 Å². The number of carboxylic acid groups (broad SMARTS) is 1. The highest BCUT2D eigenvalue weighted by Crippen LogP contribution is 2.42. The van der Waals surface area contributed by atoms with Gasteiger partial charge in [0.15, 0.2) is 11.9 Å². The first-order chi connectivity index (χ1) is 11.4. The topological polar surface area (TPSA) is 75.6 Å². The van der Waals surface area contributed by atoms with E-state index in [1.807, 2.05) is 0 Å². The molecule has 0 saturated heterocycles. The van der Waals surface area contributed by atoms with E-state index in [2.05, 4.69) is 11.2 Å². The van der Waals surface area contributed by atoms with E-state index in [-0.39, 0.29) is 33.6 Å². The number of thioether (sulfide) groups is 1. The molecule has 24 heavy (non-hydrogen) atoms. The maximum Gasteiger partial charge on any atom is 0.345 e. The highest BCUT2D eigenvalue weighted by molar-refractivity contribution is 8.03. The zero-order valence-electron chi connectivity index (χ0n) is 12.6. The molecule has 0 amide bonds. The van der Waals surface area contributed by atoms with Crippen molar-refractivity contribution in [2.24, 2.45) is 0 Å². The second-order valence-corrected chi connectivity index (χ2v) is 6.58. The van der Waals surface area contributed by atoms with Gasteiger partial charge in [-0.2, -0.15) is 0 Å². The molecule has 0 spiro atoms. The first-order valence-electron chi connectivity index (χ1n) is 6.79. The Morgan fingerprint density at radius 1 is 1.54 bits per heavy atom. The lowest BCUT2D eigenvalue weighted by Gasteiger charge is -2.09. The zero-order chi connectivity index (χ0) is 17.9. The van der Waals surface area contributed by atoms with Gasteiger partial charge in [-0.25, -0.2) is 4.79 Å². The standard InChI is InChI=1S/C16H13Cl2NO4S/c1-3-4-24-12(19-2)7-10(20)9-5-8-6-11(16(21)22)23-15(8)14(18)13(9)17/h1,5,7,11,19H,4,6H2,2H3,(H,21,22)/b12-7-. The number of ketones is 1. The van der Waals surface area contributed by atoms with Crippen molar-refractivity contribution in [3.63, 3.8) is 0 Å². The molecule has 1 aromatic rings. The molecule has 0 aromatic heterocycles. The van der Waals surface area contributed by atoms with Crippen molar-refractivity contribution in [2.75, 3.05) is 12.8 Å². The summed E-state index contributed by atoms with van der Waals surface area (Å²) in [4.78, 5) is 23.5. The summed E-state index contributed by atoms with van der Waals surface area (Å²) in [5.41, 5.74) is 0.722. The smallest absolute Gasteiger partial charge is 0.345 e. The van der Waals surface area contributed by atoms with E-state index in [4.69, 9.17) is 39.5 Å². The van der Waals surface area contributed by atoms with E-state index < -0.39 is 12.1 Å². The third-order valence-corrected chi connectivity index (χ3v) is 5.06. The van der Waals surface area contributed by atoms with Gasteiger partial charge in [0.05, 0.1) is 15.8 Å². The average Bonchev–Trinajstić information content (AvgIpc) is 2.99. The van der Waals surface area contributed by atoms with Gasteiger partial charge in [0.25, 0.3) is 0 Å². The second-order valence-electron chi connectivity index (χ2n) is 4.80. The molecule has 5 nitrogen and oxygen atoms in total. The van der Waals surface area contributed by atoms with Crippen molar-refractivity contribution in [1.29, 1.82) is 0 Å². The highest BCUT2D eigenvalue weighted by Gasteiger charge is 2.33. The minimum atomic E-state index is -1.10. The Hall–Kier alpha value is -1.81. The van der Waals surface area contributed by atoms with Crippen LogP contribution >= 0.6 is 35.0 Å². The fraction of sp³-hybridized carbons (Fsp3) is 0.250. The van der Waals surface area contributed by atoms with E-state index in [0.717, 1.165) is 0 Å². The zero-order valence-corrected chi connectivity index (χ0v) is 14.9. The molecular formula is C16H13Cl2NO4S. The fourth-order valence-corrected chi connectivity index (χ4v) is 3.22. The summed E-state index contributed by atoms with van der Waals surface area (Å²) < 4.78 is 5.29. The van der Waals surface area contributed by atoms with Crippen LogP contribution in [0.25, 0.3) is 0 Å². The number of nitrogens with one attached hydrogen (secondary N) is 1. The molecule has 8 heteroatoms. The molecule has 0 fully saturated rings. The van der Waals surface area contributed by atoms with Crippen LogP contribution in [0.3, 0.4) is 0 Å². The predicted molar refractivity (Wildman–Crippen MR) is 95.0 cm³/mol. The number of hydrogen-bond acceptors (Lipinski definition) is 5. The van der Waals surface area contributed by atoms with Crippen molar-refractivity contribution >= 4 is 46.7 Å². The van der Waals surface area contributed by atoms with Gasteiger partial charge >= 0.3 is 5.97 Å². The molecule has 0 radical (unpaired) electrons. The van der Waals surface area contributed by atoms with Crippen molar-refractivity contribution in [2.45, 2.75) is 12.5 Å². The van der Waals surface area contributed by atoms with Gasteiger partial charge in [0.2, 0.25) is 0 Å². The molecule has 0 saturated carbocycles. The van der Waals surface area contributed by atoms with E-state index in [1.165, 1.54) is 23.9 Å². The van der Waals surface area contributed by atoms with Crippen LogP contribution in [-0.2, 0) is 11.2 Å². The van der Waals surface area contributed by atoms with E-state index in [9.17, 15) is 9.59 Å². The number of carbonyl (C=O) groups is 2. The van der Waals surface area contributed by atoms with Crippen LogP contribution < -0.4 is 10.1 Å². The quantitative estimate of drug-likeness (QED) is 0.445. The largest absolute Gasteiger partial charge is 0.478 e. The lowest BCUT2D eigenvalue weighted by atomic mass is 10.0. The summed E-state index contributed by atoms with van der Waals surface area (Å²) in [5, 5.41) is 12.6. The molecule has 2 rings (SSSR count). The van der Waals surface area contributed by atoms with E-state index in [0.29, 0.717) is 16.3 Å². The average molecular weight is 386 g/mol. The predicted octanol–water partition coefficient (Wildman–Crippen LogP) is 2.99. The number of halogens is 2. The molecule has 1 aromatic carbocycles. The number of terminal acetylenes is 1. The van der Waals surface area contributed by atoms with Crippen LogP contribution in [0.5, 0.6) is 5.75 Å². The lowest BCUT2D eigenvalue weighted by Crippen LogP contribution is -2.24. The summed E-state index contributed by atoms with van der Waals surface area (Å²) in [6, 6.07) is 1.52. The first kappa shape index (κ1) is 18.5. The molecule has 1 aliphatic rings. The Bertz CT molecular complexity index is 770. The molecule has 2 N–H and O–H groups in total. The molecule has 1 atom stereocenters. The Kier molecular flexibility index (Phi) is 6.05. The molecular weight excluding hydrogens is 373 g/mol. The van der Waals surface area contributed by atoms with Crippen LogP contribution in [0, 0.1) is 12.3 Å². The maximum atomic E-state index is 12.5. The number of hydrogen-bond donors (Lipinski definition) is 2. The number of allylic oxidation sites excluding steroid dienone is 1. The number of carbonyl (C=O) groups excluding carboxylic acids is 1. The third-order valence-electron chi connectivity index (χ3n) is 3.26. The van der Waals surface area contributed by atoms with Crippen molar-refractivity contribution in [3.05, 3.63) is 38.3 Å². The second kappa shape index (κ2) is 7.84. The van der Waals surface area contributed by atoms with Gasteiger partial charge in [-0.05, 0) is 6.07 Å². The Balaban J connectivity index is 2.36. The van der Waals surface area contributed by atoms with Gasteiger partial charge in [-0.3, -0.25) is 4.79 Å². The molecule has 1 unspecified atom stereocenters. The van der Waals surface area contributed by atoms with Crippen LogP contribution in [0.1, 0.15) is 15.9 Å². The van der Waals surface area contributed by atoms with Gasteiger partial charge in [0, 0.05) is 30.7 Å². The number of aliphatic carboxylic acids is 1. The Morgan fingerprint density at radius 3 is 2.83 bits per heavy atom. The highest BCUT2D eigenvalue weighted by atomic mass is 35.5. The fourth-order valence-electron chi connectivity index (χ4n) is 2.14. The molecule has 1 heterocycles.